The number of hydrogen-bond acceptors (Lipinski definition) is 5. The second kappa shape index (κ2) is 8.83. The van der Waals surface area contributed by atoms with E-state index in [1.54, 1.807) is 20.4 Å². The molecule has 5 nitrogen and oxygen atoms in total. The molecule has 0 amide bonds. The lowest BCUT2D eigenvalue weighted by molar-refractivity contribution is -0.135. The molecule has 2 atom stereocenters. The molecule has 1 aliphatic heterocycles. The molecule has 5 heteroatoms. The Morgan fingerprint density at radius 1 is 1.12 bits per heavy atom. The number of nitrogens with zero attached hydrogens (tertiary/aromatic N) is 1. The summed E-state index contributed by atoms with van der Waals surface area (Å²) in [6.07, 6.45) is 7.40. The average molecular weight is 343 g/mol. The molecule has 1 fully saturated rings. The lowest BCUT2D eigenvalue weighted by Gasteiger charge is -2.16. The maximum Gasteiger partial charge on any atom is 0.161 e. The number of ether oxygens (including phenoxy) is 4. The largest absolute Gasteiger partial charge is 0.493 e. The van der Waals surface area contributed by atoms with Crippen LogP contribution in [0.15, 0.2) is 42.7 Å². The third kappa shape index (κ3) is 4.71. The molecule has 0 unspecified atom stereocenters. The highest BCUT2D eigenvalue weighted by molar-refractivity contribution is 5.43. The smallest absolute Gasteiger partial charge is 0.161 e. The number of rotatable bonds is 8. The number of pyridine rings is 1. The van der Waals surface area contributed by atoms with Crippen LogP contribution in [0.5, 0.6) is 11.5 Å². The van der Waals surface area contributed by atoms with Crippen molar-refractivity contribution in [1.82, 2.24) is 4.98 Å². The average Bonchev–Trinajstić information content (AvgIpc) is 3.14. The monoisotopic (exact) mass is 343 g/mol. The fraction of sp³-hybridized carbons (Fsp3) is 0.450. The van der Waals surface area contributed by atoms with Crippen LogP contribution in [0.4, 0.5) is 0 Å². The number of hydrogen-bond donors (Lipinski definition) is 0. The van der Waals surface area contributed by atoms with Crippen LogP contribution in [-0.4, -0.2) is 32.1 Å². The van der Waals surface area contributed by atoms with Crippen LogP contribution in [0.25, 0.3) is 0 Å². The van der Waals surface area contributed by atoms with Gasteiger partial charge in [0, 0.05) is 18.8 Å². The van der Waals surface area contributed by atoms with E-state index in [0.717, 1.165) is 42.7 Å². The van der Waals surface area contributed by atoms with E-state index in [1.807, 2.05) is 30.5 Å². The summed E-state index contributed by atoms with van der Waals surface area (Å²) in [7, 11) is 3.28. The zero-order valence-corrected chi connectivity index (χ0v) is 14.8. The van der Waals surface area contributed by atoms with Crippen LogP contribution in [0.3, 0.4) is 0 Å². The maximum absolute atomic E-state index is 6.04. The third-order valence-corrected chi connectivity index (χ3v) is 4.40. The Hall–Kier alpha value is -2.11. The molecule has 0 radical (unpaired) electrons. The van der Waals surface area contributed by atoms with Crippen molar-refractivity contribution in [2.45, 2.75) is 38.1 Å². The summed E-state index contributed by atoms with van der Waals surface area (Å²) in [5.41, 5.74) is 2.33. The van der Waals surface area contributed by atoms with Gasteiger partial charge in [0.15, 0.2) is 17.8 Å². The van der Waals surface area contributed by atoms with E-state index in [4.69, 9.17) is 18.9 Å². The van der Waals surface area contributed by atoms with Crippen LogP contribution in [0.2, 0.25) is 0 Å². The highest BCUT2D eigenvalue weighted by atomic mass is 16.7. The molecule has 1 saturated heterocycles. The molecule has 0 bridgehead atoms. The first kappa shape index (κ1) is 17.7. The SMILES string of the molecule is COc1ccc([C@@H]2CC[C@@H](OCCCc3cccnc3)O2)cc1OC. The molecule has 2 heterocycles. The van der Waals surface area contributed by atoms with Gasteiger partial charge in [-0.3, -0.25) is 4.98 Å². The number of benzene rings is 1. The molecule has 0 saturated carbocycles. The summed E-state index contributed by atoms with van der Waals surface area (Å²) < 4.78 is 22.6. The second-order valence-corrected chi connectivity index (χ2v) is 6.08. The van der Waals surface area contributed by atoms with Gasteiger partial charge < -0.3 is 18.9 Å². The van der Waals surface area contributed by atoms with Crippen molar-refractivity contribution in [2.75, 3.05) is 20.8 Å². The molecular weight excluding hydrogens is 318 g/mol. The van der Waals surface area contributed by atoms with E-state index in [2.05, 4.69) is 11.1 Å². The molecule has 134 valence electrons. The van der Waals surface area contributed by atoms with Gasteiger partial charge in [-0.25, -0.2) is 0 Å². The highest BCUT2D eigenvalue weighted by Gasteiger charge is 2.27. The van der Waals surface area contributed by atoms with Crippen LogP contribution in [0.1, 0.15) is 36.5 Å². The van der Waals surface area contributed by atoms with Crippen molar-refractivity contribution in [1.29, 1.82) is 0 Å². The van der Waals surface area contributed by atoms with Crippen molar-refractivity contribution in [2.24, 2.45) is 0 Å². The van der Waals surface area contributed by atoms with Crippen LogP contribution in [-0.2, 0) is 15.9 Å². The van der Waals surface area contributed by atoms with E-state index in [-0.39, 0.29) is 12.4 Å². The van der Waals surface area contributed by atoms with Gasteiger partial charge in [0.05, 0.1) is 26.9 Å². The van der Waals surface area contributed by atoms with Crippen molar-refractivity contribution >= 4 is 0 Å². The molecule has 1 aromatic carbocycles. The van der Waals surface area contributed by atoms with Crippen molar-refractivity contribution < 1.29 is 18.9 Å². The first-order valence-corrected chi connectivity index (χ1v) is 8.68. The first-order valence-electron chi connectivity index (χ1n) is 8.68. The summed E-state index contributed by atoms with van der Waals surface area (Å²) in [5.74, 6) is 1.46. The first-order chi connectivity index (χ1) is 12.3. The highest BCUT2D eigenvalue weighted by Crippen LogP contribution is 2.37. The van der Waals surface area contributed by atoms with Crippen LogP contribution >= 0.6 is 0 Å². The molecule has 0 spiro atoms. The predicted octanol–water partition coefficient (Wildman–Crippen LogP) is 3.93. The van der Waals surface area contributed by atoms with Gasteiger partial charge in [-0.1, -0.05) is 12.1 Å². The van der Waals surface area contributed by atoms with Crippen LogP contribution in [0, 0.1) is 0 Å². The zero-order valence-electron chi connectivity index (χ0n) is 14.8. The van der Waals surface area contributed by atoms with E-state index in [0.29, 0.717) is 6.61 Å². The van der Waals surface area contributed by atoms with Gasteiger partial charge >= 0.3 is 0 Å². The van der Waals surface area contributed by atoms with E-state index in [1.165, 1.54) is 5.56 Å². The molecule has 1 aromatic heterocycles. The quantitative estimate of drug-likeness (QED) is 0.680. The van der Waals surface area contributed by atoms with Gasteiger partial charge in [-0.2, -0.15) is 0 Å². The molecule has 3 rings (SSSR count). The number of aryl methyl sites for hydroxylation is 1. The van der Waals surface area contributed by atoms with Gasteiger partial charge in [-0.05, 0) is 48.6 Å². The fourth-order valence-corrected chi connectivity index (χ4v) is 3.06. The predicted molar refractivity (Wildman–Crippen MR) is 94.9 cm³/mol. The lowest BCUT2D eigenvalue weighted by atomic mass is 10.1. The van der Waals surface area contributed by atoms with Gasteiger partial charge in [0.1, 0.15) is 0 Å². The summed E-state index contributed by atoms with van der Waals surface area (Å²) >= 11 is 0. The summed E-state index contributed by atoms with van der Waals surface area (Å²) in [6, 6.07) is 9.97. The fourth-order valence-electron chi connectivity index (χ4n) is 3.06. The van der Waals surface area contributed by atoms with Crippen LogP contribution < -0.4 is 9.47 Å². The third-order valence-electron chi connectivity index (χ3n) is 4.40. The lowest BCUT2D eigenvalue weighted by Crippen LogP contribution is -2.13. The molecular formula is C20H25NO4. The molecule has 0 N–H and O–H groups in total. The van der Waals surface area contributed by atoms with Crippen molar-refractivity contribution in [3.63, 3.8) is 0 Å². The Bertz CT molecular complexity index is 662. The standard InChI is InChI=1S/C20H25NO4/c1-22-18-8-7-16(13-19(18)23-2)17-9-10-20(25-17)24-12-4-6-15-5-3-11-21-14-15/h3,5,7-8,11,13-14,17,20H,4,6,9-10,12H2,1-2H3/t17-,20-/m0/s1. The second-order valence-electron chi connectivity index (χ2n) is 6.08. The summed E-state index contributed by atoms with van der Waals surface area (Å²) in [6.45, 7) is 0.693. The minimum atomic E-state index is -0.132. The Kier molecular flexibility index (Phi) is 6.25. The molecule has 1 aliphatic rings. The Balaban J connectivity index is 1.45. The van der Waals surface area contributed by atoms with Crippen molar-refractivity contribution in [3.8, 4) is 11.5 Å². The zero-order chi connectivity index (χ0) is 17.5. The molecule has 2 aromatic rings. The summed E-state index contributed by atoms with van der Waals surface area (Å²) in [5, 5.41) is 0. The van der Waals surface area contributed by atoms with Gasteiger partial charge in [0.2, 0.25) is 0 Å². The van der Waals surface area contributed by atoms with Crippen molar-refractivity contribution in [3.05, 3.63) is 53.9 Å². The van der Waals surface area contributed by atoms with Gasteiger partial charge in [-0.15, -0.1) is 0 Å². The van der Waals surface area contributed by atoms with E-state index >= 15 is 0 Å². The van der Waals surface area contributed by atoms with E-state index < -0.39 is 0 Å². The van der Waals surface area contributed by atoms with E-state index in [9.17, 15) is 0 Å². The topological polar surface area (TPSA) is 49.8 Å². The number of aromatic nitrogens is 1. The minimum absolute atomic E-state index is 0.0446. The Morgan fingerprint density at radius 3 is 2.76 bits per heavy atom. The Morgan fingerprint density at radius 2 is 2.00 bits per heavy atom. The Labute approximate surface area is 148 Å². The number of methoxy groups -OCH3 is 2. The van der Waals surface area contributed by atoms with Gasteiger partial charge in [0.25, 0.3) is 0 Å². The summed E-state index contributed by atoms with van der Waals surface area (Å²) in [4.78, 5) is 4.13. The molecule has 0 aliphatic carbocycles. The maximum atomic E-state index is 6.04. The minimum Gasteiger partial charge on any atom is -0.493 e. The molecule has 25 heavy (non-hydrogen) atoms. The normalized spacial score (nSPS) is 19.8.